The van der Waals surface area contributed by atoms with E-state index in [0.29, 0.717) is 26.2 Å². The number of nitrogens with zero attached hydrogens (tertiary/aromatic N) is 3. The lowest BCUT2D eigenvalue weighted by molar-refractivity contribution is -0.128. The Morgan fingerprint density at radius 1 is 0.879 bits per heavy atom. The van der Waals surface area contributed by atoms with E-state index in [4.69, 9.17) is 0 Å². The van der Waals surface area contributed by atoms with Crippen molar-refractivity contribution in [2.75, 3.05) is 31.5 Å². The minimum Gasteiger partial charge on any atom is -0.358 e. The van der Waals surface area contributed by atoms with Crippen LogP contribution < -0.4 is 5.32 Å². The number of rotatable bonds is 6. The van der Waals surface area contributed by atoms with Gasteiger partial charge in [-0.1, -0.05) is 72.8 Å². The molecule has 0 saturated carbocycles. The topological polar surface area (TPSA) is 59.4 Å². The lowest BCUT2D eigenvalue weighted by Crippen LogP contribution is -2.50. The van der Waals surface area contributed by atoms with Gasteiger partial charge in [-0.15, -0.1) is 0 Å². The summed E-state index contributed by atoms with van der Waals surface area (Å²) in [6.07, 6.45) is 1.28. The number of benzene rings is 3. The van der Waals surface area contributed by atoms with E-state index < -0.39 is 5.82 Å². The van der Waals surface area contributed by atoms with Gasteiger partial charge in [-0.25, -0.2) is 4.39 Å². The highest BCUT2D eigenvalue weighted by Crippen LogP contribution is 2.29. The molecular formula is C27H25FN4O. The standard InChI is InChI=1S/C27H25FN4O/c28-24-13-7-8-14-25(24)30-20-23(19-29)27(33)32-17-15-31(16-18-32)26(21-9-3-1-4-10-21)22-11-5-2-6-12-22/h1-14,20,26,30H,15-18H2/b23-20-. The summed E-state index contributed by atoms with van der Waals surface area (Å²) in [5.74, 6) is -0.795. The number of hydrogen-bond acceptors (Lipinski definition) is 4. The van der Waals surface area contributed by atoms with E-state index in [0.717, 1.165) is 0 Å². The van der Waals surface area contributed by atoms with Gasteiger partial charge in [0.2, 0.25) is 0 Å². The van der Waals surface area contributed by atoms with E-state index in [2.05, 4.69) is 34.5 Å². The van der Waals surface area contributed by atoms with Gasteiger partial charge in [0.25, 0.3) is 5.91 Å². The predicted molar refractivity (Wildman–Crippen MR) is 127 cm³/mol. The zero-order valence-electron chi connectivity index (χ0n) is 18.2. The lowest BCUT2D eigenvalue weighted by atomic mass is 9.96. The zero-order valence-corrected chi connectivity index (χ0v) is 18.2. The molecule has 33 heavy (non-hydrogen) atoms. The SMILES string of the molecule is N#C/C(=C/Nc1ccccc1F)C(=O)N1CCN(C(c2ccccc2)c2ccccc2)CC1. The van der Waals surface area contributed by atoms with E-state index in [1.54, 1.807) is 23.1 Å². The Labute approximate surface area is 193 Å². The fourth-order valence-corrected chi connectivity index (χ4v) is 4.11. The second-order valence-electron chi connectivity index (χ2n) is 7.85. The van der Waals surface area contributed by atoms with E-state index in [1.165, 1.54) is 23.4 Å². The number of halogens is 1. The summed E-state index contributed by atoms with van der Waals surface area (Å²) in [6.45, 7) is 2.38. The molecule has 0 radical (unpaired) electrons. The van der Waals surface area contributed by atoms with E-state index in [-0.39, 0.29) is 23.2 Å². The summed E-state index contributed by atoms with van der Waals surface area (Å²) < 4.78 is 13.8. The number of piperazine rings is 1. The molecule has 166 valence electrons. The molecule has 0 atom stereocenters. The second kappa shape index (κ2) is 10.6. The average molecular weight is 441 g/mol. The van der Waals surface area contributed by atoms with Gasteiger partial charge in [0.05, 0.1) is 11.7 Å². The Hall–Kier alpha value is -3.95. The molecule has 3 aromatic carbocycles. The van der Waals surface area contributed by atoms with Crippen molar-refractivity contribution in [2.45, 2.75) is 6.04 Å². The normalized spacial score (nSPS) is 14.7. The summed E-state index contributed by atoms with van der Waals surface area (Å²) >= 11 is 0. The third kappa shape index (κ3) is 5.28. The molecule has 6 heteroatoms. The quantitative estimate of drug-likeness (QED) is 0.450. The summed E-state index contributed by atoms with van der Waals surface area (Å²) in [6, 6.07) is 28.8. The molecule has 0 unspecified atom stereocenters. The Morgan fingerprint density at radius 2 is 1.42 bits per heavy atom. The van der Waals surface area contributed by atoms with Crippen LogP contribution in [-0.2, 0) is 4.79 Å². The number of anilines is 1. The molecule has 1 aliphatic rings. The van der Waals surface area contributed by atoms with Crippen molar-refractivity contribution in [1.29, 1.82) is 5.26 Å². The number of para-hydroxylation sites is 1. The van der Waals surface area contributed by atoms with Crippen molar-refractivity contribution in [3.8, 4) is 6.07 Å². The zero-order chi connectivity index (χ0) is 23.0. The van der Waals surface area contributed by atoms with Crippen LogP contribution in [0.15, 0.2) is 96.7 Å². The Bertz CT molecular complexity index is 1110. The maximum absolute atomic E-state index is 13.8. The third-order valence-corrected chi connectivity index (χ3v) is 5.79. The van der Waals surface area contributed by atoms with E-state index >= 15 is 0 Å². The monoisotopic (exact) mass is 440 g/mol. The van der Waals surface area contributed by atoms with Crippen molar-refractivity contribution >= 4 is 11.6 Å². The molecule has 1 amide bonds. The molecule has 0 aliphatic carbocycles. The highest BCUT2D eigenvalue weighted by atomic mass is 19.1. The third-order valence-electron chi connectivity index (χ3n) is 5.79. The second-order valence-corrected chi connectivity index (χ2v) is 7.85. The minimum absolute atomic E-state index is 0.0469. The summed E-state index contributed by atoms with van der Waals surface area (Å²) in [5, 5.41) is 12.2. The van der Waals surface area contributed by atoms with Crippen molar-refractivity contribution in [3.63, 3.8) is 0 Å². The molecule has 5 nitrogen and oxygen atoms in total. The number of hydrogen-bond donors (Lipinski definition) is 1. The van der Waals surface area contributed by atoms with Crippen molar-refractivity contribution < 1.29 is 9.18 Å². The fourth-order valence-electron chi connectivity index (χ4n) is 4.11. The maximum Gasteiger partial charge on any atom is 0.266 e. The number of carbonyl (C=O) groups is 1. The van der Waals surface area contributed by atoms with Gasteiger partial charge >= 0.3 is 0 Å². The first-order chi connectivity index (χ1) is 16.2. The largest absolute Gasteiger partial charge is 0.358 e. The number of nitrogens with one attached hydrogen (secondary N) is 1. The Kier molecular flexibility index (Phi) is 7.13. The first-order valence-corrected chi connectivity index (χ1v) is 10.9. The molecule has 1 saturated heterocycles. The van der Waals surface area contributed by atoms with Crippen molar-refractivity contribution in [3.05, 3.63) is 114 Å². The molecule has 0 bridgehead atoms. The average Bonchev–Trinajstić information content (AvgIpc) is 2.87. The van der Waals surface area contributed by atoms with Gasteiger partial charge in [-0.3, -0.25) is 9.69 Å². The number of carbonyl (C=O) groups excluding carboxylic acids is 1. The highest BCUT2D eigenvalue weighted by molar-refractivity contribution is 5.97. The van der Waals surface area contributed by atoms with Gasteiger partial charge in [-0.05, 0) is 23.3 Å². The van der Waals surface area contributed by atoms with Crippen LogP contribution in [0.5, 0.6) is 0 Å². The van der Waals surface area contributed by atoms with Crippen LogP contribution in [-0.4, -0.2) is 41.9 Å². The molecule has 4 rings (SSSR count). The minimum atomic E-state index is -0.444. The number of amides is 1. The van der Waals surface area contributed by atoms with Crippen LogP contribution in [0.2, 0.25) is 0 Å². The first kappa shape index (κ1) is 22.3. The van der Waals surface area contributed by atoms with Gasteiger partial charge in [0.1, 0.15) is 17.5 Å². The Balaban J connectivity index is 1.45. The van der Waals surface area contributed by atoms with Crippen molar-refractivity contribution in [1.82, 2.24) is 9.80 Å². The van der Waals surface area contributed by atoms with Crippen molar-refractivity contribution in [2.24, 2.45) is 0 Å². The maximum atomic E-state index is 13.8. The Morgan fingerprint density at radius 3 is 1.97 bits per heavy atom. The number of nitriles is 1. The summed E-state index contributed by atoms with van der Waals surface area (Å²) in [7, 11) is 0. The van der Waals surface area contributed by atoms with Crippen LogP contribution in [0, 0.1) is 17.1 Å². The van der Waals surface area contributed by atoms with Gasteiger partial charge in [0, 0.05) is 32.4 Å². The van der Waals surface area contributed by atoms with Crippen LogP contribution in [0.4, 0.5) is 10.1 Å². The van der Waals surface area contributed by atoms with Crippen LogP contribution in [0.3, 0.4) is 0 Å². The van der Waals surface area contributed by atoms with Gasteiger partial charge in [0.15, 0.2) is 0 Å². The first-order valence-electron chi connectivity index (χ1n) is 10.9. The van der Waals surface area contributed by atoms with Gasteiger partial charge < -0.3 is 10.2 Å². The molecule has 0 spiro atoms. The molecule has 1 aliphatic heterocycles. The highest BCUT2D eigenvalue weighted by Gasteiger charge is 2.29. The fraction of sp³-hybridized carbons (Fsp3) is 0.185. The molecule has 1 fully saturated rings. The summed E-state index contributed by atoms with van der Waals surface area (Å²) in [5.41, 5.74) is 2.58. The smallest absolute Gasteiger partial charge is 0.266 e. The van der Waals surface area contributed by atoms with E-state index in [1.807, 2.05) is 42.5 Å². The lowest BCUT2D eigenvalue weighted by Gasteiger charge is -2.39. The van der Waals surface area contributed by atoms with E-state index in [9.17, 15) is 14.4 Å². The van der Waals surface area contributed by atoms with Gasteiger partial charge in [-0.2, -0.15) is 5.26 Å². The molecule has 1 N–H and O–H groups in total. The van der Waals surface area contributed by atoms with Crippen LogP contribution in [0.25, 0.3) is 0 Å². The summed E-state index contributed by atoms with van der Waals surface area (Å²) in [4.78, 5) is 17.0. The molecule has 0 aromatic heterocycles. The molecular weight excluding hydrogens is 415 g/mol. The predicted octanol–water partition coefficient (Wildman–Crippen LogP) is 4.58. The van der Waals surface area contributed by atoms with Crippen LogP contribution >= 0.6 is 0 Å². The van der Waals surface area contributed by atoms with Crippen LogP contribution in [0.1, 0.15) is 17.2 Å². The molecule has 1 heterocycles. The molecule has 3 aromatic rings.